The molecule has 0 spiro atoms. The predicted molar refractivity (Wildman–Crippen MR) is 146 cm³/mol. The highest BCUT2D eigenvalue weighted by atomic mass is 16.6. The number of carbonyl (C=O) groups excluding carboxylic acids is 2. The first-order valence-electron chi connectivity index (χ1n) is 12.2. The van der Waals surface area contributed by atoms with Crippen molar-refractivity contribution in [1.82, 2.24) is 0 Å². The number of ether oxygens (including phenoxy) is 2. The summed E-state index contributed by atoms with van der Waals surface area (Å²) in [7, 11) is 1.31. The fourth-order valence-electron chi connectivity index (χ4n) is 3.01. The second-order valence-corrected chi connectivity index (χ2v) is 8.29. The molecule has 192 valence electrons. The molecular weight excluding hydrogens is 452 g/mol. The van der Waals surface area contributed by atoms with Gasteiger partial charge in [0.25, 0.3) is 0 Å². The number of hydrogen-bond acceptors (Lipinski definition) is 6. The lowest BCUT2D eigenvalue weighted by Crippen LogP contribution is -2.24. The van der Waals surface area contributed by atoms with Crippen LogP contribution in [0.4, 0.5) is 11.4 Å². The van der Waals surface area contributed by atoms with Crippen LogP contribution in [0, 0.1) is 0 Å². The summed E-state index contributed by atoms with van der Waals surface area (Å²) in [4.78, 5) is 24.7. The Balaban J connectivity index is 0.00000154. The fraction of sp³-hybridized carbons (Fsp3) is 0.333. The first-order valence-corrected chi connectivity index (χ1v) is 12.2. The Hall–Kier alpha value is -3.80. The van der Waals surface area contributed by atoms with Crippen molar-refractivity contribution in [3.63, 3.8) is 0 Å². The van der Waals surface area contributed by atoms with Gasteiger partial charge in [0.2, 0.25) is 0 Å². The third-order valence-electron chi connectivity index (χ3n) is 4.43. The van der Waals surface area contributed by atoms with Gasteiger partial charge in [-0.3, -0.25) is 0 Å². The first-order chi connectivity index (χ1) is 17.2. The van der Waals surface area contributed by atoms with Crippen molar-refractivity contribution >= 4 is 23.3 Å². The maximum absolute atomic E-state index is 12.6. The van der Waals surface area contributed by atoms with Crippen LogP contribution in [0.5, 0.6) is 0 Å². The van der Waals surface area contributed by atoms with Crippen LogP contribution < -0.4 is 0 Å². The molecule has 0 atom stereocenters. The molecule has 36 heavy (non-hydrogen) atoms. The van der Waals surface area contributed by atoms with Crippen LogP contribution in [0.15, 0.2) is 83.0 Å². The summed E-state index contributed by atoms with van der Waals surface area (Å²) >= 11 is 0. The third kappa shape index (κ3) is 10.2. The molecule has 0 unspecified atom stereocenters. The average Bonchev–Trinajstić information content (AvgIpc) is 2.89. The molecule has 0 saturated heterocycles. The van der Waals surface area contributed by atoms with Gasteiger partial charge >= 0.3 is 11.9 Å². The lowest BCUT2D eigenvalue weighted by Gasteiger charge is -2.20. The van der Waals surface area contributed by atoms with Crippen LogP contribution in [0.2, 0.25) is 0 Å². The minimum Gasteiger partial charge on any atom is -0.465 e. The van der Waals surface area contributed by atoms with Gasteiger partial charge in [0.05, 0.1) is 29.6 Å². The molecule has 0 aliphatic carbocycles. The largest absolute Gasteiger partial charge is 0.465 e. The molecule has 3 aromatic rings. The molecule has 0 bridgehead atoms. The average molecular weight is 491 g/mol. The minimum atomic E-state index is -0.636. The molecule has 3 rings (SSSR count). The first kappa shape index (κ1) is 30.2. The molecule has 0 heterocycles. The summed E-state index contributed by atoms with van der Waals surface area (Å²) < 4.78 is 10.3. The van der Waals surface area contributed by atoms with Crippen molar-refractivity contribution in [1.29, 1.82) is 0 Å². The van der Waals surface area contributed by atoms with E-state index in [1.807, 2.05) is 82.3 Å². The second kappa shape index (κ2) is 15.2. The summed E-state index contributed by atoms with van der Waals surface area (Å²) in [6.07, 6.45) is 0.525. The van der Waals surface area contributed by atoms with Gasteiger partial charge in [0.1, 0.15) is 5.60 Å². The summed E-state index contributed by atoms with van der Waals surface area (Å²) in [6.45, 7) is 13.4. The third-order valence-corrected chi connectivity index (χ3v) is 4.43. The van der Waals surface area contributed by atoms with E-state index in [9.17, 15) is 9.59 Å². The Morgan fingerprint density at radius 3 is 1.69 bits per heavy atom. The van der Waals surface area contributed by atoms with Crippen LogP contribution in [-0.2, 0) is 15.9 Å². The molecule has 0 saturated carbocycles. The number of benzene rings is 3. The SMILES string of the molecule is CC.CC.COC(=O)c1cc(Cc2ccc(N=Nc3ccccc3)cc2)cc(C(=O)OC(C)(C)C)c1. The van der Waals surface area contributed by atoms with E-state index in [4.69, 9.17) is 9.47 Å². The second-order valence-electron chi connectivity index (χ2n) is 8.29. The normalized spacial score (nSPS) is 10.4. The Kier molecular flexibility index (Phi) is 12.8. The number of methoxy groups -OCH3 is 1. The van der Waals surface area contributed by atoms with Crippen molar-refractivity contribution in [2.24, 2.45) is 10.2 Å². The lowest BCUT2D eigenvalue weighted by atomic mass is 9.99. The minimum absolute atomic E-state index is 0.305. The van der Waals surface area contributed by atoms with E-state index in [2.05, 4.69) is 10.2 Å². The van der Waals surface area contributed by atoms with Gasteiger partial charge in [0.15, 0.2) is 0 Å². The monoisotopic (exact) mass is 490 g/mol. The van der Waals surface area contributed by atoms with E-state index in [1.54, 1.807) is 32.9 Å². The van der Waals surface area contributed by atoms with E-state index in [0.717, 1.165) is 22.5 Å². The molecule has 0 aliphatic heterocycles. The van der Waals surface area contributed by atoms with E-state index < -0.39 is 17.5 Å². The maximum atomic E-state index is 12.6. The molecular formula is C30H38N2O4. The van der Waals surface area contributed by atoms with Gasteiger partial charge in [0, 0.05) is 0 Å². The van der Waals surface area contributed by atoms with Crippen LogP contribution in [0.3, 0.4) is 0 Å². The van der Waals surface area contributed by atoms with E-state index in [1.165, 1.54) is 13.2 Å². The Morgan fingerprint density at radius 2 is 1.19 bits per heavy atom. The zero-order valence-corrected chi connectivity index (χ0v) is 22.7. The van der Waals surface area contributed by atoms with E-state index >= 15 is 0 Å². The van der Waals surface area contributed by atoms with Crippen LogP contribution in [0.1, 0.15) is 80.3 Å². The number of hydrogen-bond donors (Lipinski definition) is 0. The predicted octanol–water partition coefficient (Wildman–Crippen LogP) is 8.49. The van der Waals surface area contributed by atoms with Gasteiger partial charge in [-0.25, -0.2) is 9.59 Å². The van der Waals surface area contributed by atoms with Gasteiger partial charge in [-0.15, -0.1) is 0 Å². The highest BCUT2D eigenvalue weighted by Gasteiger charge is 2.20. The Morgan fingerprint density at radius 1 is 0.694 bits per heavy atom. The number of nitrogens with zero attached hydrogens (tertiary/aromatic N) is 2. The number of carbonyl (C=O) groups is 2. The molecule has 6 nitrogen and oxygen atoms in total. The van der Waals surface area contributed by atoms with Crippen LogP contribution >= 0.6 is 0 Å². The van der Waals surface area contributed by atoms with E-state index in [0.29, 0.717) is 17.5 Å². The molecule has 0 radical (unpaired) electrons. The van der Waals surface area contributed by atoms with Crippen molar-refractivity contribution in [3.05, 3.63) is 95.1 Å². The van der Waals surface area contributed by atoms with Crippen LogP contribution in [0.25, 0.3) is 0 Å². The van der Waals surface area contributed by atoms with Crippen molar-refractivity contribution in [2.75, 3.05) is 7.11 Å². The smallest absolute Gasteiger partial charge is 0.338 e. The van der Waals surface area contributed by atoms with Gasteiger partial charge < -0.3 is 9.47 Å². The highest BCUT2D eigenvalue weighted by molar-refractivity contribution is 5.95. The van der Waals surface area contributed by atoms with Gasteiger partial charge in [-0.05, 0) is 80.8 Å². The topological polar surface area (TPSA) is 77.3 Å². The maximum Gasteiger partial charge on any atom is 0.338 e. The Bertz CT molecular complexity index is 1120. The number of azo groups is 1. The highest BCUT2D eigenvalue weighted by Crippen LogP contribution is 2.22. The fourth-order valence-corrected chi connectivity index (χ4v) is 3.01. The molecule has 0 fully saturated rings. The van der Waals surface area contributed by atoms with Crippen molar-refractivity contribution < 1.29 is 19.1 Å². The van der Waals surface area contributed by atoms with Crippen molar-refractivity contribution in [3.8, 4) is 0 Å². The zero-order chi connectivity index (χ0) is 27.1. The summed E-state index contributed by atoms with van der Waals surface area (Å²) in [5.41, 5.74) is 3.29. The molecule has 0 amide bonds. The Labute approximate surface area is 215 Å². The standard InChI is InChI=1S/C26H26N2O4.2C2H6/c1-26(2,3)32-25(30)21-16-19(15-20(17-21)24(29)31-4)14-18-10-12-23(13-11-18)28-27-22-8-6-5-7-9-22;2*1-2/h5-13,15-17H,14H2,1-4H3;2*1-2H3. The number of esters is 2. The molecule has 0 N–H and O–H groups in total. The number of rotatable bonds is 6. The van der Waals surface area contributed by atoms with Gasteiger partial charge in [-0.2, -0.15) is 10.2 Å². The zero-order valence-electron chi connectivity index (χ0n) is 22.7. The summed E-state index contributed by atoms with van der Waals surface area (Å²) in [5.74, 6) is -0.991. The molecule has 0 aliphatic rings. The summed E-state index contributed by atoms with van der Waals surface area (Å²) in [6, 6.07) is 22.1. The summed E-state index contributed by atoms with van der Waals surface area (Å²) in [5, 5.41) is 8.46. The van der Waals surface area contributed by atoms with Crippen LogP contribution in [-0.4, -0.2) is 24.6 Å². The molecule has 0 aromatic heterocycles. The molecule has 3 aromatic carbocycles. The quantitative estimate of drug-likeness (QED) is 0.256. The molecule has 6 heteroatoms. The van der Waals surface area contributed by atoms with Crippen molar-refractivity contribution in [2.45, 2.75) is 60.5 Å². The van der Waals surface area contributed by atoms with E-state index in [-0.39, 0.29) is 0 Å². The lowest BCUT2D eigenvalue weighted by molar-refractivity contribution is 0.00693. The van der Waals surface area contributed by atoms with Gasteiger partial charge in [-0.1, -0.05) is 58.0 Å².